The molecule has 0 heterocycles. The van der Waals surface area contributed by atoms with Crippen molar-refractivity contribution in [3.8, 4) is 11.1 Å². The maximum atomic E-state index is 5.67. The van der Waals surface area contributed by atoms with Gasteiger partial charge in [-0.05, 0) is 23.1 Å². The molecule has 2 aromatic rings. The zero-order valence-electron chi connectivity index (χ0n) is 11.6. The van der Waals surface area contributed by atoms with Crippen molar-refractivity contribution in [2.45, 2.75) is 32.8 Å². The average molecular weight is 254 g/mol. The Morgan fingerprint density at radius 2 is 1.47 bits per heavy atom. The lowest BCUT2D eigenvalue weighted by Crippen LogP contribution is -1.95. The summed E-state index contributed by atoms with van der Waals surface area (Å²) in [4.78, 5) is 0. The number of hydrogen-bond acceptors (Lipinski definition) is 1. The fourth-order valence-corrected chi connectivity index (χ4v) is 2.07. The predicted octanol–water partition coefficient (Wildman–Crippen LogP) is 5.06. The molecule has 0 fully saturated rings. The molecule has 19 heavy (non-hydrogen) atoms. The Morgan fingerprint density at radius 3 is 2.16 bits per heavy atom. The molecule has 1 heteroatoms. The Bertz CT molecular complexity index is 459. The van der Waals surface area contributed by atoms with Gasteiger partial charge in [-0.2, -0.15) is 0 Å². The van der Waals surface area contributed by atoms with Gasteiger partial charge >= 0.3 is 0 Å². The van der Waals surface area contributed by atoms with E-state index < -0.39 is 0 Å². The van der Waals surface area contributed by atoms with Crippen LogP contribution in [0.4, 0.5) is 0 Å². The van der Waals surface area contributed by atoms with Gasteiger partial charge in [0.15, 0.2) is 0 Å². The molecule has 0 atom stereocenters. The first kappa shape index (κ1) is 13.8. The summed E-state index contributed by atoms with van der Waals surface area (Å²) in [5.41, 5.74) is 3.77. The van der Waals surface area contributed by atoms with Crippen LogP contribution in [0.5, 0.6) is 0 Å². The van der Waals surface area contributed by atoms with Crippen LogP contribution in [0.3, 0.4) is 0 Å². The van der Waals surface area contributed by atoms with Crippen LogP contribution in [0.25, 0.3) is 11.1 Å². The standard InChI is InChI=1S/C18H22O/c1-2-3-7-14-19-15-16-10-12-18(13-11-16)17-8-5-4-6-9-17/h4-6,8-13H,2-3,7,14-15H2,1H3. The van der Waals surface area contributed by atoms with E-state index in [1.165, 1.54) is 36.0 Å². The van der Waals surface area contributed by atoms with Crippen molar-refractivity contribution in [3.63, 3.8) is 0 Å². The molecule has 0 saturated carbocycles. The van der Waals surface area contributed by atoms with Crippen LogP contribution < -0.4 is 0 Å². The molecule has 0 N–H and O–H groups in total. The lowest BCUT2D eigenvalue weighted by atomic mass is 10.0. The van der Waals surface area contributed by atoms with Crippen LogP contribution in [0, 0.1) is 0 Å². The van der Waals surface area contributed by atoms with E-state index in [-0.39, 0.29) is 0 Å². The molecule has 2 aromatic carbocycles. The minimum atomic E-state index is 0.721. The largest absolute Gasteiger partial charge is 0.377 e. The highest BCUT2D eigenvalue weighted by Gasteiger charge is 1.97. The third kappa shape index (κ3) is 4.53. The lowest BCUT2D eigenvalue weighted by molar-refractivity contribution is 0.117. The van der Waals surface area contributed by atoms with Gasteiger partial charge in [0.05, 0.1) is 6.61 Å². The molecule has 1 nitrogen and oxygen atoms in total. The normalized spacial score (nSPS) is 10.6. The summed E-state index contributed by atoms with van der Waals surface area (Å²) in [6, 6.07) is 19.1. The summed E-state index contributed by atoms with van der Waals surface area (Å²) >= 11 is 0. The first-order valence-electron chi connectivity index (χ1n) is 7.12. The molecular weight excluding hydrogens is 232 g/mol. The Kier molecular flexibility index (Phi) is 5.64. The number of ether oxygens (including phenoxy) is 1. The predicted molar refractivity (Wildman–Crippen MR) is 81.1 cm³/mol. The first-order valence-corrected chi connectivity index (χ1v) is 7.12. The summed E-state index contributed by atoms with van der Waals surface area (Å²) in [5, 5.41) is 0. The number of unbranched alkanes of at least 4 members (excludes halogenated alkanes) is 2. The molecule has 0 unspecified atom stereocenters. The number of rotatable bonds is 7. The van der Waals surface area contributed by atoms with Gasteiger partial charge in [0.1, 0.15) is 0 Å². The fourth-order valence-electron chi connectivity index (χ4n) is 2.07. The molecule has 100 valence electrons. The van der Waals surface area contributed by atoms with E-state index in [4.69, 9.17) is 4.74 Å². The third-order valence-electron chi connectivity index (χ3n) is 3.22. The van der Waals surface area contributed by atoms with Gasteiger partial charge in [0.25, 0.3) is 0 Å². The van der Waals surface area contributed by atoms with E-state index in [9.17, 15) is 0 Å². The van der Waals surface area contributed by atoms with Crippen LogP contribution in [0.2, 0.25) is 0 Å². The molecule has 0 bridgehead atoms. The minimum Gasteiger partial charge on any atom is -0.377 e. The van der Waals surface area contributed by atoms with Gasteiger partial charge in [-0.3, -0.25) is 0 Å². The van der Waals surface area contributed by atoms with Crippen LogP contribution in [-0.2, 0) is 11.3 Å². The number of benzene rings is 2. The highest BCUT2D eigenvalue weighted by Crippen LogP contribution is 2.19. The molecular formula is C18H22O. The Morgan fingerprint density at radius 1 is 0.789 bits per heavy atom. The first-order chi connectivity index (χ1) is 9.40. The summed E-state index contributed by atoms with van der Waals surface area (Å²) in [7, 11) is 0. The quantitative estimate of drug-likeness (QED) is 0.627. The Hall–Kier alpha value is -1.60. The van der Waals surface area contributed by atoms with Crippen molar-refractivity contribution in [3.05, 3.63) is 60.2 Å². The molecule has 0 aliphatic carbocycles. The number of hydrogen-bond donors (Lipinski definition) is 0. The summed E-state index contributed by atoms with van der Waals surface area (Å²) in [5.74, 6) is 0. The second-order valence-corrected chi connectivity index (χ2v) is 4.82. The summed E-state index contributed by atoms with van der Waals surface area (Å²) in [6.45, 7) is 3.80. The second kappa shape index (κ2) is 7.75. The van der Waals surface area contributed by atoms with Gasteiger partial charge in [-0.1, -0.05) is 74.4 Å². The van der Waals surface area contributed by atoms with Crippen molar-refractivity contribution >= 4 is 0 Å². The molecule has 0 spiro atoms. The Balaban J connectivity index is 1.85. The average Bonchev–Trinajstić information content (AvgIpc) is 2.49. The van der Waals surface area contributed by atoms with Crippen LogP contribution in [0.1, 0.15) is 31.7 Å². The Labute approximate surface area is 116 Å². The summed E-state index contributed by atoms with van der Waals surface area (Å²) in [6.07, 6.45) is 3.67. The van der Waals surface area contributed by atoms with Gasteiger partial charge in [-0.25, -0.2) is 0 Å². The zero-order chi connectivity index (χ0) is 13.3. The molecule has 0 saturated heterocycles. The molecule has 0 aliphatic rings. The van der Waals surface area contributed by atoms with E-state index in [2.05, 4.69) is 55.5 Å². The third-order valence-corrected chi connectivity index (χ3v) is 3.22. The van der Waals surface area contributed by atoms with E-state index in [0.717, 1.165) is 13.2 Å². The van der Waals surface area contributed by atoms with Crippen LogP contribution in [0.15, 0.2) is 54.6 Å². The molecule has 0 amide bonds. The van der Waals surface area contributed by atoms with Crippen molar-refractivity contribution in [2.24, 2.45) is 0 Å². The van der Waals surface area contributed by atoms with Crippen molar-refractivity contribution in [1.82, 2.24) is 0 Å². The maximum absolute atomic E-state index is 5.67. The zero-order valence-corrected chi connectivity index (χ0v) is 11.6. The minimum absolute atomic E-state index is 0.721. The topological polar surface area (TPSA) is 9.23 Å². The van der Waals surface area contributed by atoms with Crippen LogP contribution in [-0.4, -0.2) is 6.61 Å². The van der Waals surface area contributed by atoms with E-state index >= 15 is 0 Å². The molecule has 0 aliphatic heterocycles. The van der Waals surface area contributed by atoms with Gasteiger partial charge in [0, 0.05) is 6.61 Å². The van der Waals surface area contributed by atoms with E-state index in [1.54, 1.807) is 0 Å². The smallest absolute Gasteiger partial charge is 0.0716 e. The van der Waals surface area contributed by atoms with Crippen molar-refractivity contribution in [1.29, 1.82) is 0 Å². The van der Waals surface area contributed by atoms with Crippen molar-refractivity contribution in [2.75, 3.05) is 6.61 Å². The molecule has 2 rings (SSSR count). The molecule has 0 aromatic heterocycles. The maximum Gasteiger partial charge on any atom is 0.0716 e. The van der Waals surface area contributed by atoms with Crippen LogP contribution >= 0.6 is 0 Å². The highest BCUT2D eigenvalue weighted by molar-refractivity contribution is 5.63. The van der Waals surface area contributed by atoms with Gasteiger partial charge in [-0.15, -0.1) is 0 Å². The van der Waals surface area contributed by atoms with E-state index in [0.29, 0.717) is 0 Å². The SMILES string of the molecule is CCCCCOCc1ccc(-c2ccccc2)cc1. The fraction of sp³-hybridized carbons (Fsp3) is 0.333. The van der Waals surface area contributed by atoms with E-state index in [1.807, 2.05) is 6.07 Å². The van der Waals surface area contributed by atoms with Gasteiger partial charge in [0.2, 0.25) is 0 Å². The second-order valence-electron chi connectivity index (χ2n) is 4.82. The molecule has 0 radical (unpaired) electrons. The summed E-state index contributed by atoms with van der Waals surface area (Å²) < 4.78 is 5.67. The van der Waals surface area contributed by atoms with Crippen molar-refractivity contribution < 1.29 is 4.74 Å². The lowest BCUT2D eigenvalue weighted by Gasteiger charge is -2.06. The highest BCUT2D eigenvalue weighted by atomic mass is 16.5. The van der Waals surface area contributed by atoms with Gasteiger partial charge < -0.3 is 4.74 Å². The monoisotopic (exact) mass is 254 g/mol.